The summed E-state index contributed by atoms with van der Waals surface area (Å²) in [6.45, 7) is 11.2. The van der Waals surface area contributed by atoms with Gasteiger partial charge in [-0.25, -0.2) is 0 Å². The van der Waals surface area contributed by atoms with Crippen LogP contribution < -0.4 is 5.32 Å². The van der Waals surface area contributed by atoms with Gasteiger partial charge < -0.3 is 10.2 Å². The van der Waals surface area contributed by atoms with Gasteiger partial charge in [0.15, 0.2) is 0 Å². The van der Waals surface area contributed by atoms with Crippen LogP contribution in [0.2, 0.25) is 0 Å². The van der Waals surface area contributed by atoms with Crippen LogP contribution in [-0.2, 0) is 16.1 Å². The number of nitrogens with zero attached hydrogens (tertiary/aromatic N) is 2. The maximum atomic E-state index is 12.3. The van der Waals surface area contributed by atoms with Crippen LogP contribution in [0, 0.1) is 0 Å². The summed E-state index contributed by atoms with van der Waals surface area (Å²) in [6, 6.07) is 8.92. The van der Waals surface area contributed by atoms with E-state index in [1.165, 1.54) is 18.1 Å². The number of carbonyl (C=O) groups excluding carboxylic acids is 2. The lowest BCUT2D eigenvalue weighted by Crippen LogP contribution is -2.48. The van der Waals surface area contributed by atoms with Crippen LogP contribution in [-0.4, -0.2) is 54.3 Å². The molecule has 1 aliphatic heterocycles. The molecule has 1 fully saturated rings. The van der Waals surface area contributed by atoms with E-state index in [2.05, 4.69) is 48.3 Å². The lowest BCUT2D eigenvalue weighted by atomic mass is 10.0. The molecule has 0 aromatic heterocycles. The Hall–Kier alpha value is -1.88. The number of nitrogens with one attached hydrogen (secondary N) is 1. The van der Waals surface area contributed by atoms with E-state index in [1.807, 2.05) is 4.90 Å². The molecule has 2 amide bonds. The second kappa shape index (κ2) is 11.1. The average molecular weight is 374 g/mol. The average Bonchev–Trinajstić information content (AvgIpc) is 2.65. The highest BCUT2D eigenvalue weighted by molar-refractivity contribution is 5.76. The van der Waals surface area contributed by atoms with Crippen LogP contribution in [0.1, 0.15) is 63.5 Å². The first-order chi connectivity index (χ1) is 13.0. The second-order valence-electron chi connectivity index (χ2n) is 7.85. The van der Waals surface area contributed by atoms with Gasteiger partial charge in [0, 0.05) is 52.6 Å². The molecule has 2 rings (SSSR count). The smallest absolute Gasteiger partial charge is 0.222 e. The van der Waals surface area contributed by atoms with Crippen molar-refractivity contribution in [1.29, 1.82) is 0 Å². The van der Waals surface area contributed by atoms with Crippen molar-refractivity contribution in [2.24, 2.45) is 0 Å². The summed E-state index contributed by atoms with van der Waals surface area (Å²) in [6.07, 6.45) is 3.45. The van der Waals surface area contributed by atoms with Gasteiger partial charge in [0.25, 0.3) is 0 Å². The third kappa shape index (κ3) is 7.71. The molecule has 1 N–H and O–H groups in total. The summed E-state index contributed by atoms with van der Waals surface area (Å²) in [5.41, 5.74) is 2.73. The van der Waals surface area contributed by atoms with Crippen molar-refractivity contribution in [2.75, 3.05) is 32.7 Å². The number of rotatable bonds is 9. The SMILES string of the molecule is CC(=O)NCCCCCC(=O)N1CCN(Cc2ccc(C(C)C)cc2)CC1. The van der Waals surface area contributed by atoms with E-state index in [1.54, 1.807) is 0 Å². The zero-order valence-electron chi connectivity index (χ0n) is 17.2. The van der Waals surface area contributed by atoms with Crippen molar-refractivity contribution in [2.45, 2.75) is 58.9 Å². The Morgan fingerprint density at radius 2 is 1.67 bits per heavy atom. The third-order valence-corrected chi connectivity index (χ3v) is 5.22. The number of benzene rings is 1. The van der Waals surface area contributed by atoms with Crippen molar-refractivity contribution in [3.8, 4) is 0 Å². The Bertz CT molecular complexity index is 590. The molecule has 5 heteroatoms. The standard InChI is InChI=1S/C22H35N3O2/c1-18(2)21-10-8-20(9-11-21)17-24-13-15-25(16-14-24)22(27)7-5-4-6-12-23-19(3)26/h8-11,18H,4-7,12-17H2,1-3H3,(H,23,26). The van der Waals surface area contributed by atoms with E-state index in [-0.39, 0.29) is 11.8 Å². The van der Waals surface area contributed by atoms with Gasteiger partial charge in [-0.1, -0.05) is 44.5 Å². The van der Waals surface area contributed by atoms with Gasteiger partial charge >= 0.3 is 0 Å². The number of carbonyl (C=O) groups is 2. The van der Waals surface area contributed by atoms with Gasteiger partial charge in [-0.15, -0.1) is 0 Å². The van der Waals surface area contributed by atoms with Crippen LogP contribution in [0.4, 0.5) is 0 Å². The van der Waals surface area contributed by atoms with Gasteiger partial charge in [-0.05, 0) is 29.9 Å². The summed E-state index contributed by atoms with van der Waals surface area (Å²) < 4.78 is 0. The van der Waals surface area contributed by atoms with E-state index in [0.717, 1.165) is 52.0 Å². The summed E-state index contributed by atoms with van der Waals surface area (Å²) in [5, 5.41) is 2.79. The molecule has 0 aliphatic carbocycles. The molecule has 0 bridgehead atoms. The number of hydrogen-bond acceptors (Lipinski definition) is 3. The van der Waals surface area contributed by atoms with Gasteiger partial charge in [0.05, 0.1) is 0 Å². The van der Waals surface area contributed by atoms with Crippen molar-refractivity contribution in [1.82, 2.24) is 15.1 Å². The first-order valence-electron chi connectivity index (χ1n) is 10.3. The van der Waals surface area contributed by atoms with E-state index in [4.69, 9.17) is 0 Å². The normalized spacial score (nSPS) is 15.2. The highest BCUT2D eigenvalue weighted by Gasteiger charge is 2.20. The molecule has 0 radical (unpaired) electrons. The quantitative estimate of drug-likeness (QED) is 0.677. The fourth-order valence-electron chi connectivity index (χ4n) is 3.42. The van der Waals surface area contributed by atoms with Crippen LogP contribution in [0.3, 0.4) is 0 Å². The zero-order valence-corrected chi connectivity index (χ0v) is 17.2. The predicted octanol–water partition coefficient (Wildman–Crippen LogP) is 3.15. The Kier molecular flexibility index (Phi) is 8.79. The third-order valence-electron chi connectivity index (χ3n) is 5.22. The molecule has 0 spiro atoms. The van der Waals surface area contributed by atoms with E-state index in [0.29, 0.717) is 18.9 Å². The summed E-state index contributed by atoms with van der Waals surface area (Å²) in [4.78, 5) is 27.6. The number of piperazine rings is 1. The van der Waals surface area contributed by atoms with Crippen molar-refractivity contribution >= 4 is 11.8 Å². The molecular weight excluding hydrogens is 338 g/mol. The van der Waals surface area contributed by atoms with Crippen molar-refractivity contribution < 1.29 is 9.59 Å². The number of amides is 2. The van der Waals surface area contributed by atoms with Gasteiger partial charge in [0.1, 0.15) is 0 Å². The van der Waals surface area contributed by atoms with E-state index in [9.17, 15) is 9.59 Å². The molecule has 1 aliphatic rings. The second-order valence-corrected chi connectivity index (χ2v) is 7.85. The molecule has 5 nitrogen and oxygen atoms in total. The molecule has 0 atom stereocenters. The highest BCUT2D eigenvalue weighted by atomic mass is 16.2. The fraction of sp³-hybridized carbons (Fsp3) is 0.636. The molecule has 1 heterocycles. The van der Waals surface area contributed by atoms with Crippen LogP contribution in [0.25, 0.3) is 0 Å². The highest BCUT2D eigenvalue weighted by Crippen LogP contribution is 2.16. The number of hydrogen-bond donors (Lipinski definition) is 1. The van der Waals surface area contributed by atoms with Crippen molar-refractivity contribution in [3.63, 3.8) is 0 Å². The summed E-state index contributed by atoms with van der Waals surface area (Å²) in [5.74, 6) is 0.856. The molecule has 0 saturated carbocycles. The Morgan fingerprint density at radius 1 is 1.00 bits per heavy atom. The molecular formula is C22H35N3O2. The molecule has 0 unspecified atom stereocenters. The van der Waals surface area contributed by atoms with Crippen LogP contribution >= 0.6 is 0 Å². The molecule has 1 aromatic rings. The first kappa shape index (κ1) is 21.4. The fourth-order valence-corrected chi connectivity index (χ4v) is 3.42. The van der Waals surface area contributed by atoms with Crippen LogP contribution in [0.5, 0.6) is 0 Å². The van der Waals surface area contributed by atoms with Crippen LogP contribution in [0.15, 0.2) is 24.3 Å². The molecule has 1 aromatic carbocycles. The molecule has 27 heavy (non-hydrogen) atoms. The minimum absolute atomic E-state index is 0.0137. The first-order valence-corrected chi connectivity index (χ1v) is 10.3. The van der Waals surface area contributed by atoms with E-state index < -0.39 is 0 Å². The van der Waals surface area contributed by atoms with Gasteiger partial charge in [-0.3, -0.25) is 14.5 Å². The monoisotopic (exact) mass is 373 g/mol. The molecule has 1 saturated heterocycles. The molecule has 150 valence electrons. The van der Waals surface area contributed by atoms with E-state index >= 15 is 0 Å². The zero-order chi connectivity index (χ0) is 19.6. The Morgan fingerprint density at radius 3 is 2.26 bits per heavy atom. The summed E-state index contributed by atoms with van der Waals surface area (Å²) >= 11 is 0. The van der Waals surface area contributed by atoms with Crippen molar-refractivity contribution in [3.05, 3.63) is 35.4 Å². The number of unbranched alkanes of at least 4 members (excludes halogenated alkanes) is 2. The maximum Gasteiger partial charge on any atom is 0.222 e. The lowest BCUT2D eigenvalue weighted by molar-refractivity contribution is -0.133. The van der Waals surface area contributed by atoms with Gasteiger partial charge in [-0.2, -0.15) is 0 Å². The Labute approximate surface area is 164 Å². The summed E-state index contributed by atoms with van der Waals surface area (Å²) in [7, 11) is 0. The predicted molar refractivity (Wildman–Crippen MR) is 110 cm³/mol. The Balaban J connectivity index is 1.62. The van der Waals surface area contributed by atoms with Gasteiger partial charge in [0.2, 0.25) is 11.8 Å². The largest absolute Gasteiger partial charge is 0.356 e. The minimum Gasteiger partial charge on any atom is -0.356 e. The topological polar surface area (TPSA) is 52.7 Å². The maximum absolute atomic E-state index is 12.3. The lowest BCUT2D eigenvalue weighted by Gasteiger charge is -2.35. The minimum atomic E-state index is 0.0137.